The zero-order valence-electron chi connectivity index (χ0n) is 17.6. The number of hydrogen-bond donors (Lipinski definition) is 1. The van der Waals surface area contributed by atoms with Crippen molar-refractivity contribution < 1.29 is 18.7 Å². The number of nitrogens with one attached hydrogen (secondary N) is 1. The Hall–Kier alpha value is -3.42. The third kappa shape index (κ3) is 4.27. The van der Waals surface area contributed by atoms with Crippen molar-refractivity contribution in [3.8, 4) is 5.69 Å². The first-order valence-corrected chi connectivity index (χ1v) is 9.69. The van der Waals surface area contributed by atoms with Crippen LogP contribution in [-0.4, -0.2) is 32.3 Å². The van der Waals surface area contributed by atoms with Gasteiger partial charge in [0.15, 0.2) is 6.10 Å². The number of carbonyl (C=O) groups is 2. The standard InChI is InChI=1S/C22H25FN4O3/c1-13(2)27-20(10-11-24-27)25-21(28)16(5)30-22(29)19-12-14(3)26(15(19)4)18-8-6-17(23)7-9-18/h6-13,16H,1-5H3,(H,25,28)/t16-/m0/s1. The van der Waals surface area contributed by atoms with Crippen molar-refractivity contribution in [2.24, 2.45) is 0 Å². The fourth-order valence-electron chi connectivity index (χ4n) is 3.29. The predicted molar refractivity (Wildman–Crippen MR) is 111 cm³/mol. The van der Waals surface area contributed by atoms with Gasteiger partial charge in [0, 0.05) is 29.2 Å². The van der Waals surface area contributed by atoms with E-state index < -0.39 is 18.0 Å². The molecule has 1 N–H and O–H groups in total. The zero-order valence-corrected chi connectivity index (χ0v) is 17.6. The molecule has 30 heavy (non-hydrogen) atoms. The Morgan fingerprint density at radius 2 is 1.77 bits per heavy atom. The molecule has 2 heterocycles. The highest BCUT2D eigenvalue weighted by molar-refractivity contribution is 5.97. The van der Waals surface area contributed by atoms with Gasteiger partial charge >= 0.3 is 5.97 Å². The number of amides is 1. The van der Waals surface area contributed by atoms with Gasteiger partial charge in [-0.05, 0) is 65.0 Å². The number of nitrogens with zero attached hydrogens (tertiary/aromatic N) is 3. The molecule has 7 nitrogen and oxygen atoms in total. The van der Waals surface area contributed by atoms with Crippen molar-refractivity contribution in [1.82, 2.24) is 14.3 Å². The van der Waals surface area contributed by atoms with Crippen LogP contribution in [0, 0.1) is 19.7 Å². The lowest BCUT2D eigenvalue weighted by molar-refractivity contribution is -0.123. The van der Waals surface area contributed by atoms with Crippen LogP contribution in [0.1, 0.15) is 48.6 Å². The van der Waals surface area contributed by atoms with Gasteiger partial charge in [-0.25, -0.2) is 13.9 Å². The lowest BCUT2D eigenvalue weighted by atomic mass is 10.2. The predicted octanol–water partition coefficient (Wildman–Crippen LogP) is 4.19. The van der Waals surface area contributed by atoms with Gasteiger partial charge in [0.1, 0.15) is 11.6 Å². The largest absolute Gasteiger partial charge is 0.449 e. The first-order chi connectivity index (χ1) is 14.2. The van der Waals surface area contributed by atoms with Crippen LogP contribution in [-0.2, 0) is 9.53 Å². The fourth-order valence-corrected chi connectivity index (χ4v) is 3.29. The van der Waals surface area contributed by atoms with Crippen molar-refractivity contribution in [3.63, 3.8) is 0 Å². The number of aryl methyl sites for hydroxylation is 1. The number of benzene rings is 1. The van der Waals surface area contributed by atoms with E-state index in [0.29, 0.717) is 17.1 Å². The highest BCUT2D eigenvalue weighted by Crippen LogP contribution is 2.22. The molecule has 0 aliphatic heterocycles. The molecule has 0 bridgehead atoms. The minimum absolute atomic E-state index is 0.0741. The Labute approximate surface area is 174 Å². The molecule has 0 saturated heterocycles. The Bertz CT molecular complexity index is 1070. The van der Waals surface area contributed by atoms with E-state index in [1.807, 2.05) is 25.3 Å². The van der Waals surface area contributed by atoms with Crippen molar-refractivity contribution in [2.45, 2.75) is 46.8 Å². The van der Waals surface area contributed by atoms with Crippen molar-refractivity contribution in [3.05, 3.63) is 65.4 Å². The SMILES string of the molecule is Cc1cc(C(=O)O[C@@H](C)C(=O)Nc2ccnn2C(C)C)c(C)n1-c1ccc(F)cc1. The molecule has 0 spiro atoms. The summed E-state index contributed by atoms with van der Waals surface area (Å²) in [5.41, 5.74) is 2.53. The molecule has 0 aliphatic carbocycles. The van der Waals surface area contributed by atoms with Crippen molar-refractivity contribution >= 4 is 17.7 Å². The molecule has 1 amide bonds. The van der Waals surface area contributed by atoms with Crippen LogP contribution in [0.15, 0.2) is 42.6 Å². The second-order valence-electron chi connectivity index (χ2n) is 7.39. The first-order valence-electron chi connectivity index (χ1n) is 9.69. The molecular weight excluding hydrogens is 387 g/mol. The van der Waals surface area contributed by atoms with E-state index in [2.05, 4.69) is 10.4 Å². The summed E-state index contributed by atoms with van der Waals surface area (Å²) in [6, 6.07) is 9.45. The molecule has 3 rings (SSSR count). The lowest BCUT2D eigenvalue weighted by Crippen LogP contribution is -2.31. The Kier molecular flexibility index (Phi) is 6.05. The van der Waals surface area contributed by atoms with E-state index in [9.17, 15) is 14.0 Å². The van der Waals surface area contributed by atoms with Crippen LogP contribution in [0.3, 0.4) is 0 Å². The highest BCUT2D eigenvalue weighted by atomic mass is 19.1. The third-order valence-corrected chi connectivity index (χ3v) is 4.80. The van der Waals surface area contributed by atoms with Crippen LogP contribution >= 0.6 is 0 Å². The smallest absolute Gasteiger partial charge is 0.340 e. The Balaban J connectivity index is 1.74. The van der Waals surface area contributed by atoms with Crippen LogP contribution in [0.5, 0.6) is 0 Å². The molecule has 0 fully saturated rings. The Morgan fingerprint density at radius 1 is 1.10 bits per heavy atom. The topological polar surface area (TPSA) is 78.2 Å². The van der Waals surface area contributed by atoms with E-state index in [1.54, 1.807) is 42.1 Å². The fraction of sp³-hybridized carbons (Fsp3) is 0.318. The maximum Gasteiger partial charge on any atom is 0.340 e. The Morgan fingerprint density at radius 3 is 2.40 bits per heavy atom. The van der Waals surface area contributed by atoms with Crippen LogP contribution in [0.25, 0.3) is 5.69 Å². The van der Waals surface area contributed by atoms with Crippen LogP contribution < -0.4 is 5.32 Å². The molecule has 1 atom stereocenters. The normalized spacial score (nSPS) is 12.1. The van der Waals surface area contributed by atoms with Gasteiger partial charge in [-0.1, -0.05) is 0 Å². The molecule has 1 aromatic carbocycles. The summed E-state index contributed by atoms with van der Waals surface area (Å²) in [6.07, 6.45) is 0.596. The van der Waals surface area contributed by atoms with Gasteiger partial charge in [0.05, 0.1) is 11.8 Å². The molecule has 3 aromatic rings. The third-order valence-electron chi connectivity index (χ3n) is 4.80. The van der Waals surface area contributed by atoms with E-state index in [-0.39, 0.29) is 11.9 Å². The summed E-state index contributed by atoms with van der Waals surface area (Å²) in [7, 11) is 0. The average molecular weight is 412 g/mol. The molecular formula is C22H25FN4O3. The number of aromatic nitrogens is 3. The second kappa shape index (κ2) is 8.52. The van der Waals surface area contributed by atoms with Gasteiger partial charge in [0.2, 0.25) is 0 Å². The van der Waals surface area contributed by atoms with Gasteiger partial charge in [-0.2, -0.15) is 5.10 Å². The number of hydrogen-bond acceptors (Lipinski definition) is 4. The molecule has 0 saturated carbocycles. The first kappa shape index (κ1) is 21.3. The van der Waals surface area contributed by atoms with Gasteiger partial charge < -0.3 is 14.6 Å². The number of carbonyl (C=O) groups excluding carboxylic acids is 2. The minimum atomic E-state index is -0.998. The van der Waals surface area contributed by atoms with E-state index in [1.165, 1.54) is 19.1 Å². The van der Waals surface area contributed by atoms with Crippen LogP contribution in [0.2, 0.25) is 0 Å². The minimum Gasteiger partial charge on any atom is -0.449 e. The maximum atomic E-state index is 13.2. The van der Waals surface area contributed by atoms with Gasteiger partial charge in [0.25, 0.3) is 5.91 Å². The monoisotopic (exact) mass is 412 g/mol. The summed E-state index contributed by atoms with van der Waals surface area (Å²) >= 11 is 0. The molecule has 0 unspecified atom stereocenters. The number of halogens is 1. The lowest BCUT2D eigenvalue weighted by Gasteiger charge is -2.16. The van der Waals surface area contributed by atoms with Crippen LogP contribution in [0.4, 0.5) is 10.2 Å². The van der Waals surface area contributed by atoms with E-state index in [4.69, 9.17) is 4.74 Å². The summed E-state index contributed by atoms with van der Waals surface area (Å²) in [6.45, 7) is 9.03. The number of rotatable bonds is 6. The van der Waals surface area contributed by atoms with Gasteiger partial charge in [-0.15, -0.1) is 0 Å². The summed E-state index contributed by atoms with van der Waals surface area (Å²) in [5, 5.41) is 6.90. The summed E-state index contributed by atoms with van der Waals surface area (Å²) < 4.78 is 22.1. The average Bonchev–Trinajstić information content (AvgIpc) is 3.27. The number of ether oxygens (including phenoxy) is 1. The highest BCUT2D eigenvalue weighted by Gasteiger charge is 2.24. The van der Waals surface area contributed by atoms with E-state index >= 15 is 0 Å². The molecule has 0 radical (unpaired) electrons. The summed E-state index contributed by atoms with van der Waals surface area (Å²) in [4.78, 5) is 25.2. The molecule has 0 aliphatic rings. The van der Waals surface area contributed by atoms with Crippen molar-refractivity contribution in [2.75, 3.05) is 5.32 Å². The summed E-state index contributed by atoms with van der Waals surface area (Å²) in [5.74, 6) is -0.846. The molecule has 8 heteroatoms. The maximum absolute atomic E-state index is 13.2. The van der Waals surface area contributed by atoms with Gasteiger partial charge in [-0.3, -0.25) is 4.79 Å². The second-order valence-corrected chi connectivity index (χ2v) is 7.39. The number of esters is 1. The molecule has 158 valence electrons. The zero-order chi connectivity index (χ0) is 22.0. The van der Waals surface area contributed by atoms with Crippen molar-refractivity contribution in [1.29, 1.82) is 0 Å². The van der Waals surface area contributed by atoms with E-state index in [0.717, 1.165) is 11.4 Å². The molecule has 2 aromatic heterocycles. The quantitative estimate of drug-likeness (QED) is 0.616. The number of anilines is 1.